The van der Waals surface area contributed by atoms with Gasteiger partial charge in [-0.2, -0.15) is 0 Å². The summed E-state index contributed by atoms with van der Waals surface area (Å²) in [7, 11) is 0. The lowest BCUT2D eigenvalue weighted by atomic mass is 10.1. The van der Waals surface area contributed by atoms with Crippen LogP contribution in [0.1, 0.15) is 42.6 Å². The van der Waals surface area contributed by atoms with Crippen molar-refractivity contribution in [1.82, 2.24) is 10.2 Å². The lowest BCUT2D eigenvalue weighted by Gasteiger charge is -2.24. The Balaban J connectivity index is 1.57. The van der Waals surface area contributed by atoms with Gasteiger partial charge in [0.05, 0.1) is 16.3 Å². The number of aromatic nitrogens is 2. The first-order chi connectivity index (χ1) is 10.8. The molecule has 1 aliphatic rings. The fourth-order valence-electron chi connectivity index (χ4n) is 3.27. The zero-order valence-electron chi connectivity index (χ0n) is 12.4. The van der Waals surface area contributed by atoms with Crippen molar-refractivity contribution < 1.29 is 9.32 Å². The third-order valence-corrected chi connectivity index (χ3v) is 6.24. The summed E-state index contributed by atoms with van der Waals surface area (Å²) in [6, 6.07) is 9.21. The van der Waals surface area contributed by atoms with Crippen LogP contribution in [0.15, 0.2) is 39.4 Å². The molecule has 4 rings (SSSR count). The van der Waals surface area contributed by atoms with E-state index in [0.717, 1.165) is 10.8 Å². The molecule has 3 atom stereocenters. The van der Waals surface area contributed by atoms with Gasteiger partial charge in [-0.1, -0.05) is 12.1 Å². The third kappa shape index (κ3) is 2.51. The Kier molecular flexibility index (Phi) is 3.82. The fourth-order valence-corrected chi connectivity index (χ4v) is 4.82. The van der Waals surface area contributed by atoms with Crippen molar-refractivity contribution in [1.29, 1.82) is 0 Å². The van der Waals surface area contributed by atoms with Gasteiger partial charge in [-0.05, 0) is 29.8 Å². The molecule has 114 valence electrons. The van der Waals surface area contributed by atoms with Crippen molar-refractivity contribution in [2.24, 2.45) is 0 Å². The van der Waals surface area contributed by atoms with Gasteiger partial charge >= 0.3 is 0 Å². The van der Waals surface area contributed by atoms with E-state index < -0.39 is 0 Å². The zero-order valence-corrected chi connectivity index (χ0v) is 14.0. The highest BCUT2D eigenvalue weighted by molar-refractivity contribution is 7.13. The maximum Gasteiger partial charge on any atom is 0.274 e. The summed E-state index contributed by atoms with van der Waals surface area (Å²) in [5, 5.41) is 12.7. The van der Waals surface area contributed by atoms with E-state index in [0.29, 0.717) is 11.9 Å². The van der Waals surface area contributed by atoms with Gasteiger partial charge in [0, 0.05) is 12.8 Å². The number of likely N-dealkylation sites (tertiary alicyclic amines) is 1. The second kappa shape index (κ2) is 5.95. The summed E-state index contributed by atoms with van der Waals surface area (Å²) in [5.74, 6) is 1.39. The second-order valence-corrected chi connectivity index (χ2v) is 7.61. The van der Waals surface area contributed by atoms with Crippen LogP contribution in [-0.2, 0) is 0 Å². The molecular weight excluding hydrogens is 314 g/mol. The average Bonchev–Trinajstić information content (AvgIpc) is 3.35. The molecule has 22 heavy (non-hydrogen) atoms. The highest BCUT2D eigenvalue weighted by Gasteiger charge is 2.37. The predicted octanol–water partition coefficient (Wildman–Crippen LogP) is 3.34. The van der Waals surface area contributed by atoms with Crippen LogP contribution in [0.25, 0.3) is 10.8 Å². The van der Waals surface area contributed by atoms with Crippen LogP contribution in [-0.4, -0.2) is 16.7 Å². The summed E-state index contributed by atoms with van der Waals surface area (Å²) in [5.41, 5.74) is 0. The van der Waals surface area contributed by atoms with E-state index in [4.69, 9.17) is 4.42 Å². The Morgan fingerprint density at radius 2 is 2.09 bits per heavy atom. The normalized spacial score (nSPS) is 23.0. The molecular formula is C16H18N3OS2+. The van der Waals surface area contributed by atoms with Gasteiger partial charge in [0.25, 0.3) is 11.8 Å². The van der Waals surface area contributed by atoms with E-state index in [1.54, 1.807) is 16.2 Å². The van der Waals surface area contributed by atoms with E-state index in [9.17, 15) is 0 Å². The van der Waals surface area contributed by atoms with E-state index in [2.05, 4.69) is 34.6 Å². The molecule has 0 aliphatic carbocycles. The molecule has 1 fully saturated rings. The van der Waals surface area contributed by atoms with Crippen molar-refractivity contribution in [3.8, 4) is 10.8 Å². The maximum atomic E-state index is 5.94. The monoisotopic (exact) mass is 332 g/mol. The Morgan fingerprint density at radius 1 is 1.23 bits per heavy atom. The minimum atomic E-state index is 0.232. The topological polar surface area (TPSA) is 43.4 Å². The first-order valence-corrected chi connectivity index (χ1v) is 9.35. The summed E-state index contributed by atoms with van der Waals surface area (Å²) in [6.45, 7) is 3.37. The average molecular weight is 332 g/mol. The Labute approximate surface area is 137 Å². The highest BCUT2D eigenvalue weighted by atomic mass is 32.1. The van der Waals surface area contributed by atoms with Gasteiger partial charge in [0.2, 0.25) is 0 Å². The van der Waals surface area contributed by atoms with Crippen LogP contribution in [0.4, 0.5) is 0 Å². The molecule has 3 aromatic heterocycles. The van der Waals surface area contributed by atoms with Crippen LogP contribution in [0.3, 0.4) is 0 Å². The van der Waals surface area contributed by atoms with E-state index in [-0.39, 0.29) is 6.04 Å². The molecule has 0 bridgehead atoms. The molecule has 6 heteroatoms. The highest BCUT2D eigenvalue weighted by Crippen LogP contribution is 2.28. The van der Waals surface area contributed by atoms with Crippen LogP contribution >= 0.6 is 22.7 Å². The van der Waals surface area contributed by atoms with Gasteiger partial charge in [-0.25, -0.2) is 0 Å². The van der Waals surface area contributed by atoms with Crippen molar-refractivity contribution >= 4 is 22.7 Å². The van der Waals surface area contributed by atoms with Crippen LogP contribution in [0.5, 0.6) is 0 Å². The molecule has 1 N–H and O–H groups in total. The Hall–Kier alpha value is -1.50. The molecule has 0 spiro atoms. The second-order valence-electron chi connectivity index (χ2n) is 5.68. The molecule has 4 nitrogen and oxygen atoms in total. The molecule has 1 saturated heterocycles. The third-order valence-electron chi connectivity index (χ3n) is 4.39. The first kappa shape index (κ1) is 14.1. The Morgan fingerprint density at radius 3 is 2.86 bits per heavy atom. The molecule has 3 aromatic rings. The molecule has 1 aliphatic heterocycles. The van der Waals surface area contributed by atoms with Gasteiger partial charge < -0.3 is 9.32 Å². The number of thiophene rings is 2. The van der Waals surface area contributed by atoms with Crippen LogP contribution < -0.4 is 4.90 Å². The Bertz CT molecular complexity index is 721. The number of nitrogens with zero attached hydrogens (tertiary/aromatic N) is 2. The molecule has 0 radical (unpaired) electrons. The van der Waals surface area contributed by atoms with Gasteiger partial charge in [-0.15, -0.1) is 32.9 Å². The SMILES string of the molecule is C[C@H](c1nnc(-c2cccs2)o1)[NH+]1CCC[C@@H]1c1cccs1. The number of hydrogen-bond donors (Lipinski definition) is 1. The first-order valence-electron chi connectivity index (χ1n) is 7.59. The standard InChI is InChI=1S/C16H17N3OS2/c1-11(15-17-18-16(20-15)14-7-4-10-22-14)19-8-2-5-12(19)13-6-3-9-21-13/h3-4,6-7,9-12H,2,5,8H2,1H3/p+1/t11-,12-/m1/s1. The van der Waals surface area contributed by atoms with Gasteiger partial charge in [0.15, 0.2) is 6.04 Å². The molecule has 0 aromatic carbocycles. The number of quaternary nitrogens is 1. The fraction of sp³-hybridized carbons (Fsp3) is 0.375. The summed E-state index contributed by atoms with van der Waals surface area (Å²) < 4.78 is 5.94. The predicted molar refractivity (Wildman–Crippen MR) is 88.1 cm³/mol. The minimum Gasteiger partial charge on any atom is -0.414 e. The van der Waals surface area contributed by atoms with Crippen LogP contribution in [0.2, 0.25) is 0 Å². The van der Waals surface area contributed by atoms with E-state index in [1.165, 1.54) is 24.3 Å². The lowest BCUT2D eigenvalue weighted by molar-refractivity contribution is -0.948. The number of rotatable bonds is 4. The van der Waals surface area contributed by atoms with Crippen LogP contribution in [0, 0.1) is 0 Å². The summed E-state index contributed by atoms with van der Waals surface area (Å²) in [4.78, 5) is 4.05. The molecule has 4 heterocycles. The molecule has 0 saturated carbocycles. The van der Waals surface area contributed by atoms with Gasteiger partial charge in [-0.3, -0.25) is 0 Å². The summed E-state index contributed by atoms with van der Waals surface area (Å²) >= 11 is 3.48. The quantitative estimate of drug-likeness (QED) is 0.797. The smallest absolute Gasteiger partial charge is 0.274 e. The zero-order chi connectivity index (χ0) is 14.9. The maximum absolute atomic E-state index is 5.94. The number of nitrogens with one attached hydrogen (secondary N) is 1. The van der Waals surface area contributed by atoms with E-state index >= 15 is 0 Å². The summed E-state index contributed by atoms with van der Waals surface area (Å²) in [6.07, 6.45) is 2.50. The lowest BCUT2D eigenvalue weighted by Crippen LogP contribution is -3.10. The molecule has 1 unspecified atom stereocenters. The molecule has 0 amide bonds. The van der Waals surface area contributed by atoms with Gasteiger partial charge in [0.1, 0.15) is 6.04 Å². The number of hydrogen-bond acceptors (Lipinski definition) is 5. The van der Waals surface area contributed by atoms with Crippen molar-refractivity contribution in [3.05, 3.63) is 45.8 Å². The minimum absolute atomic E-state index is 0.232. The van der Waals surface area contributed by atoms with Crippen molar-refractivity contribution in [2.75, 3.05) is 6.54 Å². The van der Waals surface area contributed by atoms with E-state index in [1.807, 2.05) is 28.8 Å². The largest absolute Gasteiger partial charge is 0.414 e. The van der Waals surface area contributed by atoms with Crippen molar-refractivity contribution in [3.63, 3.8) is 0 Å². The van der Waals surface area contributed by atoms with Crippen molar-refractivity contribution in [2.45, 2.75) is 31.8 Å².